The van der Waals surface area contributed by atoms with Gasteiger partial charge in [-0.1, -0.05) is 49.4 Å². The first-order valence-corrected chi connectivity index (χ1v) is 11.7. The van der Waals surface area contributed by atoms with Gasteiger partial charge in [-0.15, -0.1) is 0 Å². The van der Waals surface area contributed by atoms with Crippen LogP contribution < -0.4 is 4.74 Å². The second-order valence-corrected chi connectivity index (χ2v) is 9.60. The Bertz CT molecular complexity index is 1060. The third-order valence-electron chi connectivity index (χ3n) is 5.89. The SMILES string of the molecule is CC1Oc2c(C(=O)N3CCN(S(=O)(=O)C=Cc4ccccc4)CC3)cccc2C1C. The van der Waals surface area contributed by atoms with E-state index < -0.39 is 10.0 Å². The molecule has 2 heterocycles. The average molecular weight is 427 g/mol. The fourth-order valence-corrected chi connectivity index (χ4v) is 5.06. The van der Waals surface area contributed by atoms with Gasteiger partial charge in [0.1, 0.15) is 11.9 Å². The highest BCUT2D eigenvalue weighted by Crippen LogP contribution is 2.40. The van der Waals surface area contributed by atoms with Crippen molar-refractivity contribution in [3.8, 4) is 5.75 Å². The van der Waals surface area contributed by atoms with Crippen LogP contribution in [0.1, 0.15) is 41.3 Å². The van der Waals surface area contributed by atoms with Gasteiger partial charge in [0.25, 0.3) is 5.91 Å². The molecule has 1 fully saturated rings. The lowest BCUT2D eigenvalue weighted by Crippen LogP contribution is -2.50. The molecule has 0 spiro atoms. The van der Waals surface area contributed by atoms with Crippen LogP contribution in [0.15, 0.2) is 53.9 Å². The largest absolute Gasteiger partial charge is 0.489 e. The van der Waals surface area contributed by atoms with Crippen molar-refractivity contribution in [2.24, 2.45) is 0 Å². The van der Waals surface area contributed by atoms with Crippen LogP contribution in [-0.4, -0.2) is 55.8 Å². The van der Waals surface area contributed by atoms with Crippen LogP contribution in [0.5, 0.6) is 5.75 Å². The van der Waals surface area contributed by atoms with Crippen LogP contribution >= 0.6 is 0 Å². The summed E-state index contributed by atoms with van der Waals surface area (Å²) in [5, 5.41) is 1.24. The van der Waals surface area contributed by atoms with Crippen LogP contribution in [0.2, 0.25) is 0 Å². The van der Waals surface area contributed by atoms with E-state index in [0.717, 1.165) is 11.1 Å². The molecule has 0 aliphatic carbocycles. The summed E-state index contributed by atoms with van der Waals surface area (Å²) in [6.07, 6.45) is 1.63. The quantitative estimate of drug-likeness (QED) is 0.752. The number of benzene rings is 2. The monoisotopic (exact) mass is 426 g/mol. The predicted octanol–water partition coefficient (Wildman–Crippen LogP) is 3.33. The maximum Gasteiger partial charge on any atom is 0.257 e. The second kappa shape index (κ2) is 8.24. The summed E-state index contributed by atoms with van der Waals surface area (Å²) in [6.45, 7) is 5.35. The Balaban J connectivity index is 1.43. The Hall–Kier alpha value is -2.64. The van der Waals surface area contributed by atoms with Gasteiger partial charge in [-0.2, -0.15) is 4.31 Å². The van der Waals surface area contributed by atoms with E-state index in [1.807, 2.05) is 49.4 Å². The predicted molar refractivity (Wildman–Crippen MR) is 117 cm³/mol. The van der Waals surface area contributed by atoms with E-state index in [4.69, 9.17) is 4.74 Å². The van der Waals surface area contributed by atoms with Gasteiger partial charge >= 0.3 is 0 Å². The van der Waals surface area contributed by atoms with Crippen molar-refractivity contribution < 1.29 is 17.9 Å². The van der Waals surface area contributed by atoms with Gasteiger partial charge in [-0.25, -0.2) is 8.42 Å². The summed E-state index contributed by atoms with van der Waals surface area (Å²) in [6, 6.07) is 15.0. The summed E-state index contributed by atoms with van der Waals surface area (Å²) in [5.74, 6) is 0.805. The van der Waals surface area contributed by atoms with E-state index in [-0.39, 0.29) is 31.0 Å². The molecule has 1 amide bonds. The van der Waals surface area contributed by atoms with Crippen molar-refractivity contribution in [3.63, 3.8) is 0 Å². The minimum atomic E-state index is -3.53. The third-order valence-corrected chi connectivity index (χ3v) is 7.46. The van der Waals surface area contributed by atoms with Crippen molar-refractivity contribution in [1.29, 1.82) is 0 Å². The number of carbonyl (C=O) groups is 1. The summed E-state index contributed by atoms with van der Waals surface area (Å²) < 4.78 is 32.7. The van der Waals surface area contributed by atoms with Crippen LogP contribution in [0, 0.1) is 0 Å². The van der Waals surface area contributed by atoms with Gasteiger partial charge in [-0.3, -0.25) is 4.79 Å². The van der Waals surface area contributed by atoms with E-state index in [2.05, 4.69) is 6.92 Å². The number of amides is 1. The highest BCUT2D eigenvalue weighted by Gasteiger charge is 2.34. The molecule has 1 saturated heterocycles. The topological polar surface area (TPSA) is 66.9 Å². The van der Waals surface area contributed by atoms with Crippen molar-refractivity contribution in [3.05, 3.63) is 70.6 Å². The summed E-state index contributed by atoms with van der Waals surface area (Å²) in [5.41, 5.74) is 2.45. The summed E-state index contributed by atoms with van der Waals surface area (Å²) >= 11 is 0. The minimum Gasteiger partial charge on any atom is -0.489 e. The normalized spacial score (nSPS) is 22.1. The van der Waals surface area contributed by atoms with Crippen molar-refractivity contribution in [2.45, 2.75) is 25.9 Å². The molecule has 0 bridgehead atoms. The molecule has 2 unspecified atom stereocenters. The summed E-state index contributed by atoms with van der Waals surface area (Å²) in [7, 11) is -3.53. The molecule has 2 aromatic carbocycles. The first kappa shape index (κ1) is 20.6. The minimum absolute atomic E-state index is 0.0346. The van der Waals surface area contributed by atoms with Gasteiger partial charge in [0.2, 0.25) is 10.0 Å². The Morgan fingerprint density at radius 3 is 2.40 bits per heavy atom. The number of rotatable bonds is 4. The molecular weight excluding hydrogens is 400 g/mol. The van der Waals surface area contributed by atoms with E-state index in [1.54, 1.807) is 17.0 Å². The number of para-hydroxylation sites is 1. The molecule has 0 saturated carbocycles. The smallest absolute Gasteiger partial charge is 0.257 e. The lowest BCUT2D eigenvalue weighted by atomic mass is 9.96. The third kappa shape index (κ3) is 4.00. The molecule has 30 heavy (non-hydrogen) atoms. The van der Waals surface area contributed by atoms with E-state index in [9.17, 15) is 13.2 Å². The fourth-order valence-electron chi connectivity index (χ4n) is 3.88. The number of sulfonamides is 1. The molecule has 158 valence electrons. The molecule has 0 aromatic heterocycles. The molecular formula is C23H26N2O4S. The van der Waals surface area contributed by atoms with Crippen LogP contribution in [0.4, 0.5) is 0 Å². The van der Waals surface area contributed by atoms with E-state index in [1.165, 1.54) is 9.71 Å². The highest BCUT2D eigenvalue weighted by molar-refractivity contribution is 7.92. The number of fused-ring (bicyclic) bond motifs is 1. The Labute approximate surface area is 177 Å². The second-order valence-electron chi connectivity index (χ2n) is 7.79. The Morgan fingerprint density at radius 1 is 1.00 bits per heavy atom. The average Bonchev–Trinajstić information content (AvgIpc) is 3.06. The van der Waals surface area contributed by atoms with Crippen molar-refractivity contribution in [2.75, 3.05) is 26.2 Å². The Morgan fingerprint density at radius 2 is 1.70 bits per heavy atom. The molecule has 2 aromatic rings. The van der Waals surface area contributed by atoms with Crippen LogP contribution in [0.3, 0.4) is 0 Å². The lowest BCUT2D eigenvalue weighted by molar-refractivity contribution is 0.0693. The van der Waals surface area contributed by atoms with E-state index >= 15 is 0 Å². The number of ether oxygens (including phenoxy) is 1. The molecule has 7 heteroatoms. The van der Waals surface area contributed by atoms with Gasteiger partial charge < -0.3 is 9.64 Å². The maximum atomic E-state index is 13.1. The molecule has 2 aliphatic rings. The first-order valence-electron chi connectivity index (χ1n) is 10.2. The van der Waals surface area contributed by atoms with Gasteiger partial charge in [0.05, 0.1) is 5.56 Å². The zero-order valence-corrected chi connectivity index (χ0v) is 18.0. The van der Waals surface area contributed by atoms with Crippen LogP contribution in [-0.2, 0) is 10.0 Å². The Kier molecular flexibility index (Phi) is 5.66. The number of nitrogens with zero attached hydrogens (tertiary/aromatic N) is 2. The summed E-state index contributed by atoms with van der Waals surface area (Å²) in [4.78, 5) is 14.8. The van der Waals surface area contributed by atoms with Gasteiger partial charge in [0.15, 0.2) is 0 Å². The van der Waals surface area contributed by atoms with E-state index in [0.29, 0.717) is 24.4 Å². The lowest BCUT2D eigenvalue weighted by Gasteiger charge is -2.33. The number of piperazine rings is 1. The molecule has 0 radical (unpaired) electrons. The number of hydrogen-bond donors (Lipinski definition) is 0. The maximum absolute atomic E-state index is 13.1. The van der Waals surface area contributed by atoms with Crippen molar-refractivity contribution >= 4 is 22.0 Å². The molecule has 2 aliphatic heterocycles. The number of hydrogen-bond acceptors (Lipinski definition) is 4. The van der Waals surface area contributed by atoms with Crippen molar-refractivity contribution in [1.82, 2.24) is 9.21 Å². The molecule has 6 nitrogen and oxygen atoms in total. The highest BCUT2D eigenvalue weighted by atomic mass is 32.2. The first-order chi connectivity index (χ1) is 14.4. The molecule has 2 atom stereocenters. The van der Waals surface area contributed by atoms with Gasteiger partial charge in [-0.05, 0) is 24.6 Å². The van der Waals surface area contributed by atoms with Gasteiger partial charge in [0, 0.05) is 43.1 Å². The van der Waals surface area contributed by atoms with Crippen LogP contribution in [0.25, 0.3) is 6.08 Å². The molecule has 4 rings (SSSR count). The molecule has 0 N–H and O–H groups in total. The fraction of sp³-hybridized carbons (Fsp3) is 0.348. The zero-order chi connectivity index (χ0) is 21.3. The zero-order valence-electron chi connectivity index (χ0n) is 17.2. The number of carbonyl (C=O) groups excluding carboxylic acids is 1. The standard InChI is InChI=1S/C23H26N2O4S/c1-17-18(2)29-22-20(17)9-6-10-21(22)23(26)24-12-14-25(15-13-24)30(27,28)16-11-19-7-4-3-5-8-19/h3-11,16-18H,12-15H2,1-2H3.